The third-order valence-corrected chi connectivity index (χ3v) is 4.88. The minimum absolute atomic E-state index is 0.240. The fourth-order valence-electron chi connectivity index (χ4n) is 3.76. The third kappa shape index (κ3) is 5.49. The van der Waals surface area contributed by atoms with Crippen molar-refractivity contribution in [3.8, 4) is 0 Å². The van der Waals surface area contributed by atoms with Crippen molar-refractivity contribution in [3.63, 3.8) is 0 Å². The van der Waals surface area contributed by atoms with E-state index in [0.717, 1.165) is 17.8 Å². The molecule has 26 heavy (non-hydrogen) atoms. The molecule has 1 aromatic carbocycles. The smallest absolute Gasteiger partial charge is 0.328 e. The minimum atomic E-state index is -0.983. The number of nitrogens with zero attached hydrogens (tertiary/aromatic N) is 1. The Kier molecular flexibility index (Phi) is 7.51. The van der Waals surface area contributed by atoms with Crippen LogP contribution in [-0.4, -0.2) is 37.4 Å². The second-order valence-corrected chi connectivity index (χ2v) is 7.55. The number of hydrogen-bond acceptors (Lipinski definition) is 4. The molecule has 2 rings (SSSR count). The zero-order valence-corrected chi connectivity index (χ0v) is 16.2. The quantitative estimate of drug-likeness (QED) is 0.537. The average molecular weight is 360 g/mol. The van der Waals surface area contributed by atoms with Crippen LogP contribution in [0.1, 0.15) is 51.5 Å². The predicted octanol–water partition coefficient (Wildman–Crippen LogP) is 4.18. The van der Waals surface area contributed by atoms with Crippen molar-refractivity contribution in [2.75, 3.05) is 30.9 Å². The Bertz CT molecular complexity index is 634. The fraction of sp³-hybridized carbons (Fsp3) is 0.571. The van der Waals surface area contributed by atoms with E-state index >= 15 is 0 Å². The molecule has 5 nitrogen and oxygen atoms in total. The fourth-order valence-corrected chi connectivity index (χ4v) is 3.76. The molecule has 0 bridgehead atoms. The zero-order valence-electron chi connectivity index (χ0n) is 16.2. The van der Waals surface area contributed by atoms with Crippen molar-refractivity contribution in [2.45, 2.75) is 52.0 Å². The lowest BCUT2D eigenvalue weighted by molar-refractivity contribution is -0.131. The maximum atomic E-state index is 11.1. The van der Waals surface area contributed by atoms with Crippen molar-refractivity contribution in [1.29, 1.82) is 0 Å². The lowest BCUT2D eigenvalue weighted by atomic mass is 9.92. The number of methoxy groups -OCH3 is 1. The number of nitrogens with two attached hydrogens (primary N) is 1. The van der Waals surface area contributed by atoms with Gasteiger partial charge in [0.05, 0.1) is 18.0 Å². The van der Waals surface area contributed by atoms with Crippen LogP contribution in [0.4, 0.5) is 11.4 Å². The predicted molar refractivity (Wildman–Crippen MR) is 107 cm³/mol. The van der Waals surface area contributed by atoms with Gasteiger partial charge in [-0.15, -0.1) is 0 Å². The molecule has 0 aromatic heterocycles. The maximum Gasteiger partial charge on any atom is 0.328 e. The van der Waals surface area contributed by atoms with Crippen molar-refractivity contribution in [3.05, 3.63) is 29.8 Å². The molecule has 0 atom stereocenters. The first-order chi connectivity index (χ1) is 12.4. The van der Waals surface area contributed by atoms with E-state index in [0.29, 0.717) is 23.2 Å². The minimum Gasteiger partial charge on any atom is -0.478 e. The van der Waals surface area contributed by atoms with Gasteiger partial charge in [-0.1, -0.05) is 39.2 Å². The highest BCUT2D eigenvalue weighted by atomic mass is 16.5. The summed E-state index contributed by atoms with van der Waals surface area (Å²) in [7, 11) is 1.56. The number of carboxylic acid groups (broad SMARTS) is 1. The number of ether oxygens (including phenoxy) is 1. The highest BCUT2D eigenvalue weighted by Gasteiger charge is 2.23. The number of rotatable bonds is 8. The van der Waals surface area contributed by atoms with Crippen LogP contribution < -0.4 is 10.6 Å². The van der Waals surface area contributed by atoms with Crippen LogP contribution in [0.15, 0.2) is 24.3 Å². The molecule has 0 heterocycles. The monoisotopic (exact) mass is 360 g/mol. The summed E-state index contributed by atoms with van der Waals surface area (Å²) in [5.74, 6) is -0.435. The molecule has 0 spiro atoms. The molecule has 1 aliphatic carbocycles. The SMILES string of the molecule is COC/C(=C/C(=O)O)c1ccc(N(CC(C)C)C2CCCCC2)c(N)c1. The number of benzene rings is 1. The Hall–Kier alpha value is -2.01. The van der Waals surface area contributed by atoms with E-state index in [1.54, 1.807) is 7.11 Å². The summed E-state index contributed by atoms with van der Waals surface area (Å²) in [4.78, 5) is 13.5. The Labute approximate surface area is 156 Å². The first-order valence-corrected chi connectivity index (χ1v) is 9.51. The van der Waals surface area contributed by atoms with Gasteiger partial charge in [-0.25, -0.2) is 4.79 Å². The number of nitrogen functional groups attached to an aromatic ring is 1. The summed E-state index contributed by atoms with van der Waals surface area (Å²) in [6.07, 6.45) is 7.47. The standard InChI is InChI=1S/C21H32N2O3/c1-15(2)13-23(18-7-5-4-6-8-18)20-10-9-16(11-19(20)22)17(14-26-3)12-21(24)25/h9-12,15,18H,4-8,13-14,22H2,1-3H3,(H,24,25)/b17-12-. The van der Waals surface area contributed by atoms with Crippen LogP contribution in [0.5, 0.6) is 0 Å². The molecular weight excluding hydrogens is 328 g/mol. The summed E-state index contributed by atoms with van der Waals surface area (Å²) in [5.41, 5.74) is 9.58. The van der Waals surface area contributed by atoms with Gasteiger partial charge < -0.3 is 20.5 Å². The Balaban J connectivity index is 2.33. The third-order valence-electron chi connectivity index (χ3n) is 4.88. The topological polar surface area (TPSA) is 75.8 Å². The second kappa shape index (κ2) is 9.62. The molecule has 1 aliphatic rings. The van der Waals surface area contributed by atoms with E-state index in [4.69, 9.17) is 15.6 Å². The normalized spacial score (nSPS) is 16.1. The van der Waals surface area contributed by atoms with Crippen molar-refractivity contribution in [1.82, 2.24) is 0 Å². The Morgan fingerprint density at radius 3 is 2.58 bits per heavy atom. The summed E-state index contributed by atoms with van der Waals surface area (Å²) in [6, 6.07) is 6.40. The lowest BCUT2D eigenvalue weighted by Gasteiger charge is -2.38. The Morgan fingerprint density at radius 1 is 1.35 bits per heavy atom. The molecule has 0 unspecified atom stereocenters. The van der Waals surface area contributed by atoms with Crippen LogP contribution in [0, 0.1) is 5.92 Å². The first kappa shape index (κ1) is 20.3. The number of aliphatic carboxylic acids is 1. The zero-order chi connectivity index (χ0) is 19.1. The van der Waals surface area contributed by atoms with Crippen molar-refractivity contribution in [2.24, 2.45) is 5.92 Å². The molecule has 0 aliphatic heterocycles. The van der Waals surface area contributed by atoms with E-state index in [1.165, 1.54) is 38.2 Å². The van der Waals surface area contributed by atoms with Gasteiger partial charge in [-0.05, 0) is 42.0 Å². The van der Waals surface area contributed by atoms with Gasteiger partial charge in [-0.2, -0.15) is 0 Å². The van der Waals surface area contributed by atoms with E-state index in [9.17, 15) is 4.79 Å². The van der Waals surface area contributed by atoms with E-state index < -0.39 is 5.97 Å². The number of carbonyl (C=O) groups is 1. The second-order valence-electron chi connectivity index (χ2n) is 7.55. The summed E-state index contributed by atoms with van der Waals surface area (Å²) < 4.78 is 5.14. The molecule has 3 N–H and O–H groups in total. The first-order valence-electron chi connectivity index (χ1n) is 9.51. The largest absolute Gasteiger partial charge is 0.478 e. The van der Waals surface area contributed by atoms with Gasteiger partial charge in [0, 0.05) is 25.8 Å². The molecule has 0 radical (unpaired) electrons. The van der Waals surface area contributed by atoms with Crippen molar-refractivity contribution >= 4 is 22.9 Å². The summed E-state index contributed by atoms with van der Waals surface area (Å²) >= 11 is 0. The van der Waals surface area contributed by atoms with Crippen LogP contribution in [0.25, 0.3) is 5.57 Å². The van der Waals surface area contributed by atoms with Crippen LogP contribution in [0.2, 0.25) is 0 Å². The van der Waals surface area contributed by atoms with Crippen LogP contribution in [0.3, 0.4) is 0 Å². The van der Waals surface area contributed by atoms with Crippen LogP contribution in [-0.2, 0) is 9.53 Å². The molecule has 0 saturated heterocycles. The van der Waals surface area contributed by atoms with Gasteiger partial charge in [0.1, 0.15) is 0 Å². The lowest BCUT2D eigenvalue weighted by Crippen LogP contribution is -2.39. The van der Waals surface area contributed by atoms with E-state index in [1.807, 2.05) is 18.2 Å². The van der Waals surface area contributed by atoms with Gasteiger partial charge in [0.15, 0.2) is 0 Å². The molecule has 0 amide bonds. The van der Waals surface area contributed by atoms with Crippen molar-refractivity contribution < 1.29 is 14.6 Å². The molecule has 1 fully saturated rings. The number of anilines is 2. The molecular formula is C21H32N2O3. The molecule has 5 heteroatoms. The van der Waals surface area contributed by atoms with Gasteiger partial charge in [-0.3, -0.25) is 0 Å². The molecule has 1 saturated carbocycles. The van der Waals surface area contributed by atoms with E-state index in [-0.39, 0.29) is 6.61 Å². The van der Waals surface area contributed by atoms with Gasteiger partial charge in [0.2, 0.25) is 0 Å². The van der Waals surface area contributed by atoms with E-state index in [2.05, 4.69) is 18.7 Å². The number of carboxylic acids is 1. The highest BCUT2D eigenvalue weighted by molar-refractivity contribution is 5.91. The summed E-state index contributed by atoms with van der Waals surface area (Å²) in [5, 5.41) is 9.08. The summed E-state index contributed by atoms with van der Waals surface area (Å²) in [6.45, 7) is 5.67. The molecule has 144 valence electrons. The highest BCUT2D eigenvalue weighted by Crippen LogP contribution is 2.33. The number of hydrogen-bond donors (Lipinski definition) is 2. The van der Waals surface area contributed by atoms with Crippen LogP contribution >= 0.6 is 0 Å². The van der Waals surface area contributed by atoms with Gasteiger partial charge in [0.25, 0.3) is 0 Å². The maximum absolute atomic E-state index is 11.1. The molecule has 1 aromatic rings. The average Bonchev–Trinajstić information content (AvgIpc) is 2.60. The Morgan fingerprint density at radius 2 is 2.04 bits per heavy atom. The van der Waals surface area contributed by atoms with Gasteiger partial charge >= 0.3 is 5.97 Å².